The first-order valence-electron chi connectivity index (χ1n) is 5.64. The molecule has 0 aliphatic rings. The number of oxime groups is 1. The van der Waals surface area contributed by atoms with Crippen molar-refractivity contribution in [1.82, 2.24) is 0 Å². The van der Waals surface area contributed by atoms with Crippen LogP contribution in [0.2, 0.25) is 5.02 Å². The van der Waals surface area contributed by atoms with Crippen LogP contribution in [0, 0.1) is 6.92 Å². The number of nitrogens with zero attached hydrogens (tertiary/aromatic N) is 1. The first-order chi connectivity index (χ1) is 8.72. The summed E-state index contributed by atoms with van der Waals surface area (Å²) in [4.78, 5) is 4.65. The number of hydrogen-bond acceptors (Lipinski definition) is 2. The third-order valence-corrected chi connectivity index (χ3v) is 3.08. The minimum absolute atomic E-state index is 0.663. The molecular weight excluding hydrogens is 246 g/mol. The van der Waals surface area contributed by atoms with Crippen LogP contribution in [-0.2, 0) is 4.84 Å². The Bertz CT molecular complexity index is 578. The Labute approximate surface area is 112 Å². The van der Waals surface area contributed by atoms with E-state index in [0.717, 1.165) is 11.1 Å². The van der Waals surface area contributed by atoms with Crippen molar-refractivity contribution >= 4 is 17.8 Å². The van der Waals surface area contributed by atoms with E-state index in [1.807, 2.05) is 30.3 Å². The number of benzene rings is 2. The van der Waals surface area contributed by atoms with Crippen molar-refractivity contribution in [1.29, 1.82) is 0 Å². The fraction of sp³-hybridized carbons (Fsp3) is 0.133. The molecule has 2 aromatic rings. The zero-order chi connectivity index (χ0) is 13.0. The Morgan fingerprint density at radius 1 is 1.17 bits per heavy atom. The summed E-state index contributed by atoms with van der Waals surface area (Å²) in [5.41, 5.74) is 4.37. The maximum absolute atomic E-state index is 6.22. The molecule has 0 fully saturated rings. The minimum atomic E-state index is 0.663. The van der Waals surface area contributed by atoms with Gasteiger partial charge in [0.15, 0.2) is 0 Å². The summed E-state index contributed by atoms with van der Waals surface area (Å²) < 4.78 is 0. The second-order valence-corrected chi connectivity index (χ2v) is 4.38. The maximum atomic E-state index is 6.22. The van der Waals surface area contributed by atoms with Gasteiger partial charge in [-0.3, -0.25) is 0 Å². The predicted octanol–water partition coefficient (Wildman–Crippen LogP) is 4.30. The van der Waals surface area contributed by atoms with Crippen LogP contribution in [-0.4, -0.2) is 13.3 Å². The monoisotopic (exact) mass is 259 g/mol. The molecule has 0 heterocycles. The van der Waals surface area contributed by atoms with E-state index in [-0.39, 0.29) is 0 Å². The van der Waals surface area contributed by atoms with Crippen molar-refractivity contribution in [3.63, 3.8) is 0 Å². The zero-order valence-corrected chi connectivity index (χ0v) is 11.1. The Balaban J connectivity index is 2.41. The van der Waals surface area contributed by atoms with E-state index in [9.17, 15) is 0 Å². The smallest absolute Gasteiger partial charge is 0.106 e. The van der Waals surface area contributed by atoms with E-state index in [0.29, 0.717) is 5.02 Å². The molecule has 0 aliphatic carbocycles. The third-order valence-electron chi connectivity index (χ3n) is 2.75. The zero-order valence-electron chi connectivity index (χ0n) is 10.4. The third kappa shape index (κ3) is 2.71. The van der Waals surface area contributed by atoms with Crippen LogP contribution in [0.3, 0.4) is 0 Å². The topological polar surface area (TPSA) is 21.6 Å². The second kappa shape index (κ2) is 5.69. The predicted molar refractivity (Wildman–Crippen MR) is 76.2 cm³/mol. The summed E-state index contributed by atoms with van der Waals surface area (Å²) in [6.07, 6.45) is 1.60. The summed E-state index contributed by atoms with van der Waals surface area (Å²) in [5, 5.41) is 4.38. The minimum Gasteiger partial charge on any atom is -0.399 e. The highest BCUT2D eigenvalue weighted by Gasteiger charge is 2.04. The number of hydrogen-bond donors (Lipinski definition) is 0. The van der Waals surface area contributed by atoms with Gasteiger partial charge in [0, 0.05) is 5.56 Å². The van der Waals surface area contributed by atoms with Gasteiger partial charge in [-0.1, -0.05) is 53.2 Å². The van der Waals surface area contributed by atoms with Crippen LogP contribution in [0.15, 0.2) is 47.6 Å². The lowest BCUT2D eigenvalue weighted by atomic mass is 10.00. The second-order valence-electron chi connectivity index (χ2n) is 3.97. The van der Waals surface area contributed by atoms with Crippen LogP contribution in [0.1, 0.15) is 11.1 Å². The highest BCUT2D eigenvalue weighted by Crippen LogP contribution is 2.27. The Morgan fingerprint density at radius 2 is 1.94 bits per heavy atom. The van der Waals surface area contributed by atoms with E-state index < -0.39 is 0 Å². The first kappa shape index (κ1) is 12.7. The summed E-state index contributed by atoms with van der Waals surface area (Å²) in [6, 6.07) is 14.1. The van der Waals surface area contributed by atoms with Crippen molar-refractivity contribution in [2.24, 2.45) is 5.16 Å². The summed E-state index contributed by atoms with van der Waals surface area (Å²) in [6.45, 7) is 2.09. The molecule has 2 aromatic carbocycles. The Morgan fingerprint density at radius 3 is 2.61 bits per heavy atom. The van der Waals surface area contributed by atoms with E-state index in [2.05, 4.69) is 29.0 Å². The van der Waals surface area contributed by atoms with Crippen LogP contribution in [0.25, 0.3) is 11.1 Å². The molecule has 0 aromatic heterocycles. The van der Waals surface area contributed by atoms with E-state index in [4.69, 9.17) is 11.6 Å². The SMILES string of the molecule is CON=Cc1ccc(-c2ccccc2C)cc1Cl. The van der Waals surface area contributed by atoms with E-state index >= 15 is 0 Å². The van der Waals surface area contributed by atoms with Crippen molar-refractivity contribution in [3.8, 4) is 11.1 Å². The van der Waals surface area contributed by atoms with Gasteiger partial charge in [0.05, 0.1) is 11.2 Å². The molecule has 0 bridgehead atoms. The molecule has 0 aliphatic heterocycles. The quantitative estimate of drug-likeness (QED) is 0.595. The van der Waals surface area contributed by atoms with E-state index in [1.54, 1.807) is 6.21 Å². The lowest BCUT2D eigenvalue weighted by molar-refractivity contribution is 0.215. The highest BCUT2D eigenvalue weighted by molar-refractivity contribution is 6.33. The molecule has 0 atom stereocenters. The van der Waals surface area contributed by atoms with Crippen LogP contribution in [0.5, 0.6) is 0 Å². The first-order valence-corrected chi connectivity index (χ1v) is 6.02. The molecule has 0 N–H and O–H groups in total. The largest absolute Gasteiger partial charge is 0.399 e. The fourth-order valence-corrected chi connectivity index (χ4v) is 2.03. The van der Waals surface area contributed by atoms with Gasteiger partial charge in [-0.25, -0.2) is 0 Å². The molecule has 2 nitrogen and oxygen atoms in total. The molecule has 18 heavy (non-hydrogen) atoms. The van der Waals surface area contributed by atoms with Gasteiger partial charge >= 0.3 is 0 Å². The van der Waals surface area contributed by atoms with Crippen molar-refractivity contribution < 1.29 is 4.84 Å². The van der Waals surface area contributed by atoms with Gasteiger partial charge in [0.25, 0.3) is 0 Å². The molecule has 0 unspecified atom stereocenters. The molecule has 92 valence electrons. The molecule has 2 rings (SSSR count). The number of aryl methyl sites for hydroxylation is 1. The Hall–Kier alpha value is -1.80. The van der Waals surface area contributed by atoms with Crippen LogP contribution < -0.4 is 0 Å². The van der Waals surface area contributed by atoms with Gasteiger partial charge in [0.1, 0.15) is 7.11 Å². The molecule has 3 heteroatoms. The van der Waals surface area contributed by atoms with E-state index in [1.165, 1.54) is 18.2 Å². The van der Waals surface area contributed by atoms with Crippen molar-refractivity contribution in [2.75, 3.05) is 7.11 Å². The van der Waals surface area contributed by atoms with Gasteiger partial charge in [-0.2, -0.15) is 0 Å². The molecule has 0 amide bonds. The van der Waals surface area contributed by atoms with Crippen molar-refractivity contribution in [2.45, 2.75) is 6.92 Å². The molecule has 0 radical (unpaired) electrons. The molecule has 0 spiro atoms. The number of halogens is 1. The number of rotatable bonds is 3. The van der Waals surface area contributed by atoms with Gasteiger partial charge < -0.3 is 4.84 Å². The average Bonchev–Trinajstić information content (AvgIpc) is 2.38. The van der Waals surface area contributed by atoms with Crippen molar-refractivity contribution in [3.05, 3.63) is 58.6 Å². The van der Waals surface area contributed by atoms with Crippen LogP contribution >= 0.6 is 11.6 Å². The molecule has 0 saturated carbocycles. The lowest BCUT2D eigenvalue weighted by Crippen LogP contribution is -1.87. The average molecular weight is 260 g/mol. The van der Waals surface area contributed by atoms with Gasteiger partial charge in [0.2, 0.25) is 0 Å². The summed E-state index contributed by atoms with van der Waals surface area (Å²) in [5.74, 6) is 0. The summed E-state index contributed by atoms with van der Waals surface area (Å²) in [7, 11) is 1.51. The van der Waals surface area contributed by atoms with Gasteiger partial charge in [-0.05, 0) is 29.7 Å². The lowest BCUT2D eigenvalue weighted by Gasteiger charge is -2.07. The maximum Gasteiger partial charge on any atom is 0.106 e. The fourth-order valence-electron chi connectivity index (χ4n) is 1.81. The normalized spacial score (nSPS) is 10.8. The standard InChI is InChI=1S/C15H14ClNO/c1-11-5-3-4-6-14(11)12-7-8-13(10-17-18-2)15(16)9-12/h3-10H,1-2H3. The molecule has 0 saturated heterocycles. The highest BCUT2D eigenvalue weighted by atomic mass is 35.5. The van der Waals surface area contributed by atoms with Crippen LogP contribution in [0.4, 0.5) is 0 Å². The van der Waals surface area contributed by atoms with Gasteiger partial charge in [-0.15, -0.1) is 0 Å². The molecular formula is C15H14ClNO. The summed E-state index contributed by atoms with van der Waals surface area (Å²) >= 11 is 6.22. The Kier molecular flexibility index (Phi) is 4.00.